The molecule has 0 spiro atoms. The fourth-order valence-electron chi connectivity index (χ4n) is 3.68. The first-order valence-electron chi connectivity index (χ1n) is 9.34. The van der Waals surface area contributed by atoms with E-state index in [0.29, 0.717) is 24.2 Å². The van der Waals surface area contributed by atoms with Crippen LogP contribution in [-0.2, 0) is 23.2 Å². The van der Waals surface area contributed by atoms with E-state index in [1.54, 1.807) is 14.0 Å². The zero-order chi connectivity index (χ0) is 21.8. The first-order valence-corrected chi connectivity index (χ1v) is 10.8. The smallest absolute Gasteiger partial charge is 0.302 e. The van der Waals surface area contributed by atoms with Crippen LogP contribution in [0.2, 0.25) is 0 Å². The van der Waals surface area contributed by atoms with Crippen molar-refractivity contribution < 1.29 is 21.6 Å². The summed E-state index contributed by atoms with van der Waals surface area (Å²) in [5.74, 6) is 0. The van der Waals surface area contributed by atoms with Crippen LogP contribution in [-0.4, -0.2) is 47.2 Å². The molecule has 1 aromatic carbocycles. The molecule has 6 nitrogen and oxygen atoms in total. The second-order valence-corrected chi connectivity index (χ2v) is 9.32. The van der Waals surface area contributed by atoms with Crippen LogP contribution in [0, 0.1) is 6.92 Å². The van der Waals surface area contributed by atoms with Gasteiger partial charge >= 0.3 is 6.18 Å². The summed E-state index contributed by atoms with van der Waals surface area (Å²) in [7, 11) is -0.454. The van der Waals surface area contributed by atoms with Gasteiger partial charge in [-0.1, -0.05) is 6.08 Å². The summed E-state index contributed by atoms with van der Waals surface area (Å²) in [6, 6.07) is 3.17. The van der Waals surface area contributed by atoms with Crippen LogP contribution < -0.4 is 0 Å². The normalized spacial score (nSPS) is 16.3. The lowest BCUT2D eigenvalue weighted by molar-refractivity contribution is -0.137. The summed E-state index contributed by atoms with van der Waals surface area (Å²) >= 11 is 0. The molecule has 0 aliphatic carbocycles. The van der Waals surface area contributed by atoms with Crippen LogP contribution in [0.3, 0.4) is 0 Å². The SMILES string of the molecule is Cc1c(S(=O)(=O)n2cc(C3=CCN(C)CC3)c3cc(C(F)(F)F)ccc32)cnn1C. The molecule has 10 heteroatoms. The minimum absolute atomic E-state index is 0.0192. The van der Waals surface area contributed by atoms with Crippen LogP contribution in [0.5, 0.6) is 0 Å². The number of rotatable bonds is 3. The van der Waals surface area contributed by atoms with Gasteiger partial charge in [-0.2, -0.15) is 18.3 Å². The molecule has 160 valence electrons. The van der Waals surface area contributed by atoms with E-state index < -0.39 is 21.8 Å². The Hall–Kier alpha value is -2.59. The monoisotopic (exact) mass is 438 g/mol. The average molecular weight is 438 g/mol. The summed E-state index contributed by atoms with van der Waals surface area (Å²) in [4.78, 5) is 2.10. The van der Waals surface area contributed by atoms with E-state index in [0.717, 1.165) is 28.2 Å². The van der Waals surface area contributed by atoms with Gasteiger partial charge in [0, 0.05) is 37.3 Å². The highest BCUT2D eigenvalue weighted by atomic mass is 32.2. The van der Waals surface area contributed by atoms with Gasteiger partial charge < -0.3 is 4.90 Å². The molecule has 0 N–H and O–H groups in total. The van der Waals surface area contributed by atoms with Gasteiger partial charge in [0.1, 0.15) is 4.90 Å². The molecule has 3 heterocycles. The van der Waals surface area contributed by atoms with Crippen LogP contribution >= 0.6 is 0 Å². The molecule has 0 amide bonds. The van der Waals surface area contributed by atoms with Gasteiger partial charge in [-0.15, -0.1) is 0 Å². The standard InChI is InChI=1S/C20H21F3N4O2S/c1-13-19(11-24-26(13)3)30(28,29)27-12-17(14-6-8-25(2)9-7-14)16-10-15(20(21,22)23)4-5-18(16)27/h4-6,10-12H,7-9H2,1-3H3. The maximum absolute atomic E-state index is 13.4. The molecule has 1 aliphatic rings. The molecule has 0 saturated heterocycles. The number of aryl methyl sites for hydroxylation is 1. The van der Waals surface area contributed by atoms with Crippen molar-refractivity contribution in [3.05, 3.63) is 53.5 Å². The fourth-order valence-corrected chi connectivity index (χ4v) is 5.24. The molecule has 4 rings (SSSR count). The Labute approximate surface area is 172 Å². The van der Waals surface area contributed by atoms with E-state index in [2.05, 4.69) is 10.00 Å². The number of halogens is 3. The minimum atomic E-state index is -4.52. The largest absolute Gasteiger partial charge is 0.416 e. The summed E-state index contributed by atoms with van der Waals surface area (Å²) in [5.41, 5.74) is 1.20. The summed E-state index contributed by atoms with van der Waals surface area (Å²) in [6.07, 6.45) is 0.731. The number of benzene rings is 1. The summed E-state index contributed by atoms with van der Waals surface area (Å²) < 4.78 is 69.3. The lowest BCUT2D eigenvalue weighted by atomic mass is 9.98. The number of aromatic nitrogens is 3. The molecule has 2 aromatic heterocycles. The molecule has 0 unspecified atom stereocenters. The zero-order valence-electron chi connectivity index (χ0n) is 16.7. The highest BCUT2D eigenvalue weighted by Crippen LogP contribution is 2.37. The van der Waals surface area contributed by atoms with E-state index in [1.165, 1.54) is 23.1 Å². The van der Waals surface area contributed by atoms with Crippen molar-refractivity contribution in [1.82, 2.24) is 18.7 Å². The van der Waals surface area contributed by atoms with Gasteiger partial charge in [-0.05, 0) is 44.2 Å². The second kappa shape index (κ2) is 6.98. The second-order valence-electron chi connectivity index (χ2n) is 7.53. The number of alkyl halides is 3. The van der Waals surface area contributed by atoms with Gasteiger partial charge in [0.25, 0.3) is 10.0 Å². The Kier molecular flexibility index (Phi) is 4.81. The molecule has 3 aromatic rings. The first kappa shape index (κ1) is 20.7. The quantitative estimate of drug-likeness (QED) is 0.626. The third-order valence-corrected chi connectivity index (χ3v) is 7.36. The van der Waals surface area contributed by atoms with Gasteiger partial charge in [0.05, 0.1) is 23.0 Å². The molecule has 0 bridgehead atoms. The third kappa shape index (κ3) is 3.33. The molecule has 1 aliphatic heterocycles. The Morgan fingerprint density at radius 1 is 1.17 bits per heavy atom. The van der Waals surface area contributed by atoms with Crippen molar-refractivity contribution in [2.75, 3.05) is 20.1 Å². The van der Waals surface area contributed by atoms with Gasteiger partial charge in [-0.3, -0.25) is 4.68 Å². The molecule has 0 saturated carbocycles. The average Bonchev–Trinajstić information content (AvgIpc) is 3.23. The molecular weight excluding hydrogens is 417 g/mol. The number of nitrogens with zero attached hydrogens (tertiary/aromatic N) is 4. The summed E-state index contributed by atoms with van der Waals surface area (Å²) in [6.45, 7) is 3.02. The Morgan fingerprint density at radius 3 is 2.47 bits per heavy atom. The lowest BCUT2D eigenvalue weighted by Gasteiger charge is -2.21. The van der Waals surface area contributed by atoms with Crippen molar-refractivity contribution in [3.8, 4) is 0 Å². The highest BCUT2D eigenvalue weighted by molar-refractivity contribution is 7.90. The predicted octanol–water partition coefficient (Wildman–Crippen LogP) is 3.66. The Balaban J connectivity index is 1.98. The molecule has 30 heavy (non-hydrogen) atoms. The van der Waals surface area contributed by atoms with Crippen LogP contribution in [0.1, 0.15) is 23.2 Å². The zero-order valence-corrected chi connectivity index (χ0v) is 17.5. The van der Waals surface area contributed by atoms with E-state index in [9.17, 15) is 21.6 Å². The van der Waals surface area contributed by atoms with Crippen molar-refractivity contribution >= 4 is 26.5 Å². The summed E-state index contributed by atoms with van der Waals surface area (Å²) in [5, 5.41) is 4.27. The number of fused-ring (bicyclic) bond motifs is 1. The van der Waals surface area contributed by atoms with Gasteiger partial charge in [-0.25, -0.2) is 12.4 Å². The molecule has 0 radical (unpaired) electrons. The third-order valence-electron chi connectivity index (χ3n) is 5.58. The van der Waals surface area contributed by atoms with E-state index in [-0.39, 0.29) is 15.8 Å². The van der Waals surface area contributed by atoms with Crippen molar-refractivity contribution in [2.24, 2.45) is 7.05 Å². The minimum Gasteiger partial charge on any atom is -0.302 e. The Bertz CT molecular complexity index is 1270. The highest BCUT2D eigenvalue weighted by Gasteiger charge is 2.32. The van der Waals surface area contributed by atoms with Gasteiger partial charge in [0.15, 0.2) is 0 Å². The van der Waals surface area contributed by atoms with Crippen LogP contribution in [0.25, 0.3) is 16.5 Å². The molecule has 0 atom stereocenters. The van der Waals surface area contributed by atoms with E-state index >= 15 is 0 Å². The fraction of sp³-hybridized carbons (Fsp3) is 0.350. The number of hydrogen-bond donors (Lipinski definition) is 0. The topological polar surface area (TPSA) is 60.1 Å². The van der Waals surface area contributed by atoms with Crippen LogP contribution in [0.4, 0.5) is 13.2 Å². The lowest BCUT2D eigenvalue weighted by Crippen LogP contribution is -2.23. The van der Waals surface area contributed by atoms with Crippen molar-refractivity contribution in [3.63, 3.8) is 0 Å². The maximum Gasteiger partial charge on any atom is 0.416 e. The van der Waals surface area contributed by atoms with Crippen LogP contribution in [0.15, 0.2) is 41.6 Å². The predicted molar refractivity (Wildman–Crippen MR) is 108 cm³/mol. The van der Waals surface area contributed by atoms with Crippen molar-refractivity contribution in [2.45, 2.75) is 24.4 Å². The first-order chi connectivity index (χ1) is 14.0. The van der Waals surface area contributed by atoms with E-state index in [4.69, 9.17) is 0 Å². The van der Waals surface area contributed by atoms with Gasteiger partial charge in [0.2, 0.25) is 0 Å². The Morgan fingerprint density at radius 2 is 1.90 bits per heavy atom. The number of likely N-dealkylation sites (N-methyl/N-ethyl adjacent to an activating group) is 1. The van der Waals surface area contributed by atoms with Crippen molar-refractivity contribution in [1.29, 1.82) is 0 Å². The number of hydrogen-bond acceptors (Lipinski definition) is 4. The van der Waals surface area contributed by atoms with E-state index in [1.807, 2.05) is 13.1 Å². The molecular formula is C20H21F3N4O2S. The maximum atomic E-state index is 13.4. The molecule has 0 fully saturated rings.